The Hall–Kier alpha value is -3.16. The molecule has 0 aliphatic heterocycles. The number of aromatic nitrogens is 6. The molecular formula is C34H30Cu2I2N8O2P2. The summed E-state index contributed by atoms with van der Waals surface area (Å²) >= 11 is 0. The third kappa shape index (κ3) is 13.2. The molecular weight excluding hydrogens is 995 g/mol. The van der Waals surface area contributed by atoms with Crippen molar-refractivity contribution in [3.8, 4) is 12.1 Å². The van der Waals surface area contributed by atoms with Gasteiger partial charge in [0.05, 0.1) is 12.1 Å². The molecule has 6 rings (SSSR count). The molecule has 6 aromatic rings. The summed E-state index contributed by atoms with van der Waals surface area (Å²) in [6, 6.07) is 35.7. The van der Waals surface area contributed by atoms with Crippen molar-refractivity contribution in [2.24, 2.45) is 0 Å². The smallest absolute Gasteiger partial charge is 1.00 e. The minimum Gasteiger partial charge on any atom is -1.00 e. The van der Waals surface area contributed by atoms with E-state index in [9.17, 15) is 9.13 Å². The number of hydrogen-bond acceptors (Lipinski definition) is 10. The molecule has 50 heavy (non-hydrogen) atoms. The van der Waals surface area contributed by atoms with E-state index in [2.05, 4.69) is 29.9 Å². The molecule has 0 fully saturated rings. The summed E-state index contributed by atoms with van der Waals surface area (Å²) in [5.74, 6) is 0. The van der Waals surface area contributed by atoms with Crippen LogP contribution in [-0.2, 0) is 43.3 Å². The Morgan fingerprint density at radius 2 is 0.540 bits per heavy atom. The second-order valence-corrected chi connectivity index (χ2v) is 14.0. The SMILES string of the molecule is CC#N.CC#N.O=P(c1ccccn1)(c1ccccn1)c1ccccn1.O=P(c1ccccn1)(c1ccccn1)c1ccccn1.[Cu+].[Cu+].[I-].[I-]. The zero-order chi connectivity index (χ0) is 33.1. The molecule has 0 saturated heterocycles. The van der Waals surface area contributed by atoms with Gasteiger partial charge >= 0.3 is 34.1 Å². The molecule has 0 spiro atoms. The number of nitriles is 2. The summed E-state index contributed by atoms with van der Waals surface area (Å²) in [4.78, 5) is 25.6. The number of rotatable bonds is 6. The van der Waals surface area contributed by atoms with Crippen LogP contribution < -0.4 is 80.6 Å². The van der Waals surface area contributed by atoms with E-state index in [1.54, 1.807) is 122 Å². The van der Waals surface area contributed by atoms with Gasteiger partial charge < -0.3 is 57.1 Å². The predicted molar refractivity (Wildman–Crippen MR) is 181 cm³/mol. The monoisotopic (exact) mass is 1020 g/mol. The van der Waals surface area contributed by atoms with Crippen molar-refractivity contribution < 1.29 is 91.2 Å². The largest absolute Gasteiger partial charge is 1.00 e. The van der Waals surface area contributed by atoms with Gasteiger partial charge in [0.25, 0.3) is 0 Å². The standard InChI is InChI=1S/2C15H12N3OP.2C2H3N.2Cu.2HI/c2*19-20(13-7-1-4-10-16-13,14-8-2-5-11-17-14)15-9-3-6-12-18-15;2*1-2-3;;;;/h2*1-12H;2*1H3;;;2*1H/q;;;;2*+1;;/p-2. The van der Waals surface area contributed by atoms with E-state index in [0.717, 1.165) is 0 Å². The molecule has 0 aromatic carbocycles. The van der Waals surface area contributed by atoms with E-state index in [1.807, 2.05) is 36.4 Å². The molecule has 0 radical (unpaired) electrons. The van der Waals surface area contributed by atoms with Gasteiger partial charge in [0.1, 0.15) is 32.6 Å². The van der Waals surface area contributed by atoms with Crippen LogP contribution in [0.1, 0.15) is 13.8 Å². The molecule has 264 valence electrons. The summed E-state index contributed by atoms with van der Waals surface area (Å²) in [5.41, 5.74) is 2.99. The quantitative estimate of drug-likeness (QED) is 0.105. The molecule has 10 nitrogen and oxygen atoms in total. The third-order valence-electron chi connectivity index (χ3n) is 5.83. The van der Waals surface area contributed by atoms with Gasteiger partial charge in [-0.05, 0) is 72.8 Å². The first-order valence-corrected chi connectivity index (χ1v) is 17.2. The fourth-order valence-corrected chi connectivity index (χ4v) is 8.50. The average Bonchev–Trinajstić information content (AvgIpc) is 3.14. The summed E-state index contributed by atoms with van der Waals surface area (Å²) < 4.78 is 27.3. The Labute approximate surface area is 347 Å². The molecule has 0 amide bonds. The topological polar surface area (TPSA) is 159 Å². The van der Waals surface area contributed by atoms with E-state index in [4.69, 9.17) is 10.5 Å². The van der Waals surface area contributed by atoms with Crippen LogP contribution in [0.4, 0.5) is 0 Å². The molecule has 6 heterocycles. The molecule has 0 atom stereocenters. The summed E-state index contributed by atoms with van der Waals surface area (Å²) in [7, 11) is -6.22. The maximum atomic E-state index is 13.6. The Kier molecular flexibility index (Phi) is 26.1. The van der Waals surface area contributed by atoms with Crippen LogP contribution in [0.5, 0.6) is 0 Å². The van der Waals surface area contributed by atoms with Crippen LogP contribution in [0, 0.1) is 22.7 Å². The fraction of sp³-hybridized carbons (Fsp3) is 0.0588. The zero-order valence-corrected chi connectivity index (χ0v) is 34.5. The zero-order valence-electron chi connectivity index (χ0n) is 26.5. The van der Waals surface area contributed by atoms with E-state index in [1.165, 1.54) is 13.8 Å². The first-order valence-electron chi connectivity index (χ1n) is 13.8. The van der Waals surface area contributed by atoms with Crippen LogP contribution in [0.2, 0.25) is 0 Å². The van der Waals surface area contributed by atoms with Crippen molar-refractivity contribution >= 4 is 46.9 Å². The Morgan fingerprint density at radius 1 is 0.400 bits per heavy atom. The Balaban J connectivity index is 0. The van der Waals surface area contributed by atoms with Gasteiger partial charge in [-0.2, -0.15) is 10.5 Å². The van der Waals surface area contributed by atoms with Gasteiger partial charge in [-0.15, -0.1) is 0 Å². The number of nitrogens with zero attached hydrogens (tertiary/aromatic N) is 8. The average molecular weight is 1030 g/mol. The molecule has 0 unspecified atom stereocenters. The van der Waals surface area contributed by atoms with Gasteiger partial charge in [-0.25, -0.2) is 0 Å². The van der Waals surface area contributed by atoms with Crippen molar-refractivity contribution in [3.63, 3.8) is 0 Å². The minimum absolute atomic E-state index is 0. The molecule has 0 bridgehead atoms. The maximum absolute atomic E-state index is 13.6. The first kappa shape index (κ1) is 49.0. The number of pyridine rings is 6. The third-order valence-corrected chi connectivity index (χ3v) is 11.3. The van der Waals surface area contributed by atoms with Gasteiger partial charge in [-0.1, -0.05) is 36.4 Å². The Morgan fingerprint density at radius 3 is 0.640 bits per heavy atom. The molecule has 0 N–H and O–H groups in total. The molecule has 6 aromatic heterocycles. The summed E-state index contributed by atoms with van der Waals surface area (Å²) in [5, 5.41) is 14.6. The van der Waals surface area contributed by atoms with Crippen LogP contribution in [0.25, 0.3) is 0 Å². The van der Waals surface area contributed by atoms with Crippen molar-refractivity contribution in [2.45, 2.75) is 13.8 Å². The van der Waals surface area contributed by atoms with Gasteiger partial charge in [-0.3, -0.25) is 29.9 Å². The van der Waals surface area contributed by atoms with Crippen LogP contribution in [0.3, 0.4) is 0 Å². The summed E-state index contributed by atoms with van der Waals surface area (Å²) in [6.45, 7) is 2.86. The normalized spacial score (nSPS) is 9.28. The molecule has 0 aliphatic carbocycles. The Bertz CT molecular complexity index is 1600. The maximum Gasteiger partial charge on any atom is 1.00 e. The van der Waals surface area contributed by atoms with E-state index >= 15 is 0 Å². The van der Waals surface area contributed by atoms with Crippen molar-refractivity contribution in [1.29, 1.82) is 10.5 Å². The molecule has 16 heteroatoms. The van der Waals surface area contributed by atoms with E-state index < -0.39 is 14.3 Å². The summed E-state index contributed by atoms with van der Waals surface area (Å²) in [6.07, 6.45) is 9.80. The predicted octanol–water partition coefficient (Wildman–Crippen LogP) is -1.92. The fourth-order valence-electron chi connectivity index (χ4n) is 3.94. The number of hydrogen-bond donors (Lipinski definition) is 0. The first-order chi connectivity index (χ1) is 22.5. The van der Waals surface area contributed by atoms with Crippen LogP contribution >= 0.6 is 14.3 Å². The van der Waals surface area contributed by atoms with Crippen LogP contribution in [-0.4, -0.2) is 29.9 Å². The van der Waals surface area contributed by atoms with Crippen molar-refractivity contribution in [3.05, 3.63) is 146 Å². The van der Waals surface area contributed by atoms with Gasteiger partial charge in [0, 0.05) is 51.0 Å². The van der Waals surface area contributed by atoms with E-state index in [0.29, 0.717) is 32.6 Å². The second-order valence-electron chi connectivity index (χ2n) is 8.79. The minimum atomic E-state index is -3.11. The second kappa shape index (κ2) is 26.6. The van der Waals surface area contributed by atoms with Crippen molar-refractivity contribution in [2.75, 3.05) is 0 Å². The molecule has 0 aliphatic rings. The van der Waals surface area contributed by atoms with E-state index in [-0.39, 0.29) is 82.1 Å². The van der Waals surface area contributed by atoms with Crippen LogP contribution in [0.15, 0.2) is 146 Å². The van der Waals surface area contributed by atoms with Gasteiger partial charge in [0.2, 0.25) is 14.3 Å². The van der Waals surface area contributed by atoms with Crippen molar-refractivity contribution in [1.82, 2.24) is 29.9 Å². The number of halogens is 2. The van der Waals surface area contributed by atoms with Gasteiger partial charge in [0.15, 0.2) is 0 Å². The molecule has 0 saturated carbocycles.